The van der Waals surface area contributed by atoms with Crippen molar-refractivity contribution in [1.82, 2.24) is 0 Å². The standard InChI is InChI=1S/C12H13N5O2/c1-19-11(18)6-8-3-2-4-9(5-8)16-17-10(7-13)12(14)15/h2-5,16H,6H2,1H3,(H3,14,15)/b17-10+. The van der Waals surface area contributed by atoms with Gasteiger partial charge in [0, 0.05) is 0 Å². The van der Waals surface area contributed by atoms with Gasteiger partial charge < -0.3 is 10.5 Å². The molecule has 98 valence electrons. The molecule has 0 aliphatic carbocycles. The van der Waals surface area contributed by atoms with Crippen LogP contribution >= 0.6 is 0 Å². The fourth-order valence-electron chi connectivity index (χ4n) is 1.26. The zero-order valence-electron chi connectivity index (χ0n) is 10.3. The van der Waals surface area contributed by atoms with Crippen molar-refractivity contribution in [3.05, 3.63) is 29.8 Å². The molecule has 7 heteroatoms. The molecular weight excluding hydrogens is 246 g/mol. The fraction of sp³-hybridized carbons (Fsp3) is 0.167. The second-order valence-corrected chi connectivity index (χ2v) is 3.55. The van der Waals surface area contributed by atoms with Crippen LogP contribution in [-0.2, 0) is 16.0 Å². The molecule has 0 amide bonds. The Hall–Kier alpha value is -2.88. The van der Waals surface area contributed by atoms with E-state index in [4.69, 9.17) is 16.4 Å². The van der Waals surface area contributed by atoms with Crippen LogP contribution in [-0.4, -0.2) is 24.6 Å². The molecule has 0 saturated carbocycles. The van der Waals surface area contributed by atoms with Gasteiger partial charge in [0.25, 0.3) is 0 Å². The van der Waals surface area contributed by atoms with E-state index in [0.29, 0.717) is 5.69 Å². The van der Waals surface area contributed by atoms with Crippen LogP contribution in [0, 0.1) is 16.7 Å². The number of nitrogens with zero attached hydrogens (tertiary/aromatic N) is 2. The van der Waals surface area contributed by atoms with Gasteiger partial charge in [-0.05, 0) is 17.7 Å². The lowest BCUT2D eigenvalue weighted by Crippen LogP contribution is -2.21. The summed E-state index contributed by atoms with van der Waals surface area (Å²) < 4.78 is 4.57. The third-order valence-electron chi connectivity index (χ3n) is 2.16. The molecule has 0 atom stereocenters. The SMILES string of the molecule is COC(=O)Cc1cccc(N/N=C(\C#N)C(=N)N)c1. The minimum atomic E-state index is -0.416. The molecule has 0 unspecified atom stereocenters. The van der Waals surface area contributed by atoms with Crippen molar-refractivity contribution in [2.24, 2.45) is 10.8 Å². The van der Waals surface area contributed by atoms with Gasteiger partial charge in [0.05, 0.1) is 19.2 Å². The van der Waals surface area contributed by atoms with Gasteiger partial charge in [-0.3, -0.25) is 15.6 Å². The summed E-state index contributed by atoms with van der Waals surface area (Å²) in [5.74, 6) is -0.761. The van der Waals surface area contributed by atoms with E-state index in [0.717, 1.165) is 5.56 Å². The lowest BCUT2D eigenvalue weighted by molar-refractivity contribution is -0.139. The number of hydrogen-bond donors (Lipinski definition) is 3. The zero-order chi connectivity index (χ0) is 14.3. The van der Waals surface area contributed by atoms with E-state index in [1.807, 2.05) is 0 Å². The van der Waals surface area contributed by atoms with E-state index in [1.165, 1.54) is 7.11 Å². The largest absolute Gasteiger partial charge is 0.469 e. The van der Waals surface area contributed by atoms with Gasteiger partial charge in [-0.25, -0.2) is 0 Å². The van der Waals surface area contributed by atoms with E-state index >= 15 is 0 Å². The zero-order valence-corrected chi connectivity index (χ0v) is 10.3. The van der Waals surface area contributed by atoms with Crippen molar-refractivity contribution in [3.8, 4) is 6.07 Å². The number of rotatable bonds is 5. The predicted molar refractivity (Wildman–Crippen MR) is 70.7 cm³/mol. The number of nitrogens with two attached hydrogens (primary N) is 1. The number of benzene rings is 1. The summed E-state index contributed by atoms with van der Waals surface area (Å²) in [7, 11) is 1.32. The van der Waals surface area contributed by atoms with E-state index in [9.17, 15) is 4.79 Å². The number of anilines is 1. The molecule has 0 spiro atoms. The highest BCUT2D eigenvalue weighted by Gasteiger charge is 2.04. The molecule has 0 aromatic heterocycles. The normalized spacial score (nSPS) is 10.4. The Morgan fingerprint density at radius 3 is 2.95 bits per heavy atom. The third kappa shape index (κ3) is 4.47. The van der Waals surface area contributed by atoms with Crippen molar-refractivity contribution < 1.29 is 9.53 Å². The molecule has 19 heavy (non-hydrogen) atoms. The van der Waals surface area contributed by atoms with Crippen LogP contribution in [0.5, 0.6) is 0 Å². The number of nitriles is 1. The third-order valence-corrected chi connectivity index (χ3v) is 2.16. The number of hydrogen-bond acceptors (Lipinski definition) is 6. The topological polar surface area (TPSA) is 124 Å². The summed E-state index contributed by atoms with van der Waals surface area (Å²) in [6, 6.07) is 8.59. The number of nitrogens with one attached hydrogen (secondary N) is 2. The van der Waals surface area contributed by atoms with Crippen LogP contribution in [0.2, 0.25) is 0 Å². The van der Waals surface area contributed by atoms with Gasteiger partial charge in [-0.15, -0.1) is 0 Å². The first-order valence-electron chi connectivity index (χ1n) is 5.30. The Labute approximate surface area is 110 Å². The fourth-order valence-corrected chi connectivity index (χ4v) is 1.26. The summed E-state index contributed by atoms with van der Waals surface area (Å²) in [6.07, 6.45) is 0.146. The molecule has 7 nitrogen and oxygen atoms in total. The molecular formula is C12H13N5O2. The highest BCUT2D eigenvalue weighted by atomic mass is 16.5. The van der Waals surface area contributed by atoms with Gasteiger partial charge in [0.2, 0.25) is 5.71 Å². The number of carbonyl (C=O) groups excluding carboxylic acids is 1. The monoisotopic (exact) mass is 259 g/mol. The first-order chi connectivity index (χ1) is 9.06. The average Bonchev–Trinajstić information content (AvgIpc) is 2.39. The molecule has 0 bridgehead atoms. The van der Waals surface area contributed by atoms with Gasteiger partial charge in [-0.2, -0.15) is 10.4 Å². The van der Waals surface area contributed by atoms with Crippen molar-refractivity contribution in [1.29, 1.82) is 10.7 Å². The molecule has 0 saturated heterocycles. The Balaban J connectivity index is 2.81. The van der Waals surface area contributed by atoms with E-state index < -0.39 is 5.84 Å². The maximum Gasteiger partial charge on any atom is 0.309 e. The number of ether oxygens (including phenoxy) is 1. The summed E-state index contributed by atoms with van der Waals surface area (Å²) in [4.78, 5) is 11.1. The molecule has 0 aliphatic heterocycles. The van der Waals surface area contributed by atoms with Crippen molar-refractivity contribution in [2.75, 3.05) is 12.5 Å². The van der Waals surface area contributed by atoms with Crippen LogP contribution in [0.3, 0.4) is 0 Å². The summed E-state index contributed by atoms with van der Waals surface area (Å²) >= 11 is 0. The average molecular weight is 259 g/mol. The maximum absolute atomic E-state index is 11.1. The molecule has 0 radical (unpaired) electrons. The lowest BCUT2D eigenvalue weighted by atomic mass is 10.1. The number of carbonyl (C=O) groups is 1. The van der Waals surface area contributed by atoms with Crippen molar-refractivity contribution in [3.63, 3.8) is 0 Å². The number of esters is 1. The molecule has 1 aromatic rings. The minimum Gasteiger partial charge on any atom is -0.469 e. The summed E-state index contributed by atoms with van der Waals surface area (Å²) in [5.41, 5.74) is 8.87. The number of amidine groups is 1. The molecule has 4 N–H and O–H groups in total. The van der Waals surface area contributed by atoms with Crippen LogP contribution in [0.1, 0.15) is 5.56 Å². The van der Waals surface area contributed by atoms with E-state index in [1.54, 1.807) is 30.3 Å². The second kappa shape index (κ2) is 6.76. The molecule has 0 aliphatic rings. The van der Waals surface area contributed by atoms with Crippen LogP contribution in [0.15, 0.2) is 29.4 Å². The van der Waals surface area contributed by atoms with Gasteiger partial charge in [0.1, 0.15) is 6.07 Å². The lowest BCUT2D eigenvalue weighted by Gasteiger charge is -2.04. The Morgan fingerprint density at radius 1 is 1.63 bits per heavy atom. The Kier molecular flexibility index (Phi) is 5.04. The number of hydrazone groups is 1. The van der Waals surface area contributed by atoms with Crippen LogP contribution in [0.4, 0.5) is 5.69 Å². The predicted octanol–water partition coefficient (Wildman–Crippen LogP) is 0.630. The minimum absolute atomic E-state index is 0.146. The van der Waals surface area contributed by atoms with Crippen molar-refractivity contribution >= 4 is 23.2 Å². The molecule has 0 heterocycles. The van der Waals surface area contributed by atoms with Gasteiger partial charge in [-0.1, -0.05) is 12.1 Å². The number of methoxy groups -OCH3 is 1. The summed E-state index contributed by atoms with van der Waals surface area (Å²) in [5, 5.41) is 19.5. The first-order valence-corrected chi connectivity index (χ1v) is 5.30. The van der Waals surface area contributed by atoms with E-state index in [2.05, 4.69) is 15.3 Å². The van der Waals surface area contributed by atoms with Gasteiger partial charge >= 0.3 is 5.97 Å². The molecule has 1 aromatic carbocycles. The molecule has 1 rings (SSSR count). The quantitative estimate of drug-likeness (QED) is 0.309. The van der Waals surface area contributed by atoms with Crippen LogP contribution in [0.25, 0.3) is 0 Å². The highest BCUT2D eigenvalue weighted by molar-refractivity contribution is 6.45. The maximum atomic E-state index is 11.1. The highest BCUT2D eigenvalue weighted by Crippen LogP contribution is 2.11. The molecule has 0 fully saturated rings. The summed E-state index contributed by atoms with van der Waals surface area (Å²) in [6.45, 7) is 0. The Morgan fingerprint density at radius 2 is 2.37 bits per heavy atom. The van der Waals surface area contributed by atoms with E-state index in [-0.39, 0.29) is 18.1 Å². The second-order valence-electron chi connectivity index (χ2n) is 3.55. The van der Waals surface area contributed by atoms with Crippen molar-refractivity contribution in [2.45, 2.75) is 6.42 Å². The first kappa shape index (κ1) is 14.2. The Bertz CT molecular complexity index is 559. The van der Waals surface area contributed by atoms with Crippen LogP contribution < -0.4 is 11.2 Å². The van der Waals surface area contributed by atoms with Gasteiger partial charge in [0.15, 0.2) is 5.84 Å². The smallest absolute Gasteiger partial charge is 0.309 e.